The molecule has 3 N–H and O–H groups in total. The molecule has 3 rings (SSSR count). The molecule has 0 spiro atoms. The van der Waals surface area contributed by atoms with Crippen molar-refractivity contribution in [3.63, 3.8) is 0 Å². The number of rotatable bonds is 3. The molecular formula is C16H17N5O2S. The molecule has 8 heteroatoms. The smallest absolute Gasteiger partial charge is 0.232 e. The number of nitrogen functional groups attached to an aromatic ring is 1. The predicted molar refractivity (Wildman–Crippen MR) is 94.6 cm³/mol. The number of hydrogen-bond donors (Lipinski definition) is 2. The van der Waals surface area contributed by atoms with Crippen molar-refractivity contribution < 1.29 is 8.42 Å². The highest BCUT2D eigenvalue weighted by atomic mass is 32.2. The first kappa shape index (κ1) is 16.1. The van der Waals surface area contributed by atoms with Crippen molar-refractivity contribution in [1.82, 2.24) is 9.97 Å². The number of hydrogen-bond acceptors (Lipinski definition) is 6. The summed E-state index contributed by atoms with van der Waals surface area (Å²) in [4.78, 5) is 8.13. The van der Waals surface area contributed by atoms with E-state index in [1.54, 1.807) is 13.1 Å². The summed E-state index contributed by atoms with van der Waals surface area (Å²) in [7, 11) is -3.35. The molecule has 0 radical (unpaired) electrons. The number of benzene rings is 1. The number of fused-ring (bicyclic) bond motifs is 1. The maximum absolute atomic E-state index is 12.1. The van der Waals surface area contributed by atoms with Crippen LogP contribution in [0.15, 0.2) is 24.4 Å². The number of para-hydroxylation sites is 1. The highest BCUT2D eigenvalue weighted by molar-refractivity contribution is 7.92. The van der Waals surface area contributed by atoms with E-state index in [-0.39, 0.29) is 5.95 Å². The Morgan fingerprint density at radius 3 is 2.88 bits per heavy atom. The summed E-state index contributed by atoms with van der Waals surface area (Å²) in [6.45, 7) is 2.14. The summed E-state index contributed by atoms with van der Waals surface area (Å²) in [6, 6.07) is 5.61. The molecule has 1 aliphatic rings. The molecule has 1 aromatic carbocycles. The van der Waals surface area contributed by atoms with Gasteiger partial charge in [0.1, 0.15) is 0 Å². The quantitative estimate of drug-likeness (QED) is 0.819. The van der Waals surface area contributed by atoms with Gasteiger partial charge in [-0.05, 0) is 25.0 Å². The fourth-order valence-electron chi connectivity index (χ4n) is 2.70. The fraction of sp³-hybridized carbons (Fsp3) is 0.250. The van der Waals surface area contributed by atoms with Crippen molar-refractivity contribution in [2.75, 3.05) is 28.2 Å². The van der Waals surface area contributed by atoms with E-state index >= 15 is 0 Å². The third-order valence-electron chi connectivity index (χ3n) is 3.67. The SMILES string of the molecule is CC#Cc1cnc(N)nc1Nc1cccc2c1N(S(C)(=O)=O)CC2. The van der Waals surface area contributed by atoms with E-state index < -0.39 is 10.0 Å². The van der Waals surface area contributed by atoms with Crippen LogP contribution in [-0.2, 0) is 16.4 Å². The molecule has 0 saturated carbocycles. The summed E-state index contributed by atoms with van der Waals surface area (Å²) in [5.74, 6) is 6.27. The number of sulfonamides is 1. The van der Waals surface area contributed by atoms with Gasteiger partial charge in [-0.1, -0.05) is 18.1 Å². The molecule has 124 valence electrons. The van der Waals surface area contributed by atoms with Crippen LogP contribution in [0.4, 0.5) is 23.1 Å². The lowest BCUT2D eigenvalue weighted by atomic mass is 10.1. The molecule has 0 bridgehead atoms. The molecule has 0 fully saturated rings. The molecule has 0 saturated heterocycles. The molecule has 24 heavy (non-hydrogen) atoms. The molecule has 0 amide bonds. The van der Waals surface area contributed by atoms with Crippen molar-refractivity contribution in [1.29, 1.82) is 0 Å². The van der Waals surface area contributed by atoms with Crippen LogP contribution in [0.5, 0.6) is 0 Å². The summed E-state index contributed by atoms with van der Waals surface area (Å²) < 4.78 is 25.5. The van der Waals surface area contributed by atoms with Crippen molar-refractivity contribution in [2.24, 2.45) is 0 Å². The number of aromatic nitrogens is 2. The van der Waals surface area contributed by atoms with Gasteiger partial charge in [0.15, 0.2) is 5.82 Å². The third-order valence-corrected chi connectivity index (χ3v) is 4.84. The van der Waals surface area contributed by atoms with Crippen LogP contribution in [0, 0.1) is 11.8 Å². The second kappa shape index (κ2) is 6.02. The molecule has 0 unspecified atom stereocenters. The van der Waals surface area contributed by atoms with Crippen LogP contribution in [0.1, 0.15) is 18.1 Å². The van der Waals surface area contributed by atoms with E-state index in [1.807, 2.05) is 18.2 Å². The van der Waals surface area contributed by atoms with Gasteiger partial charge in [-0.25, -0.2) is 13.4 Å². The lowest BCUT2D eigenvalue weighted by Crippen LogP contribution is -2.28. The fourth-order valence-corrected chi connectivity index (χ4v) is 3.67. The van der Waals surface area contributed by atoms with Gasteiger partial charge in [-0.15, -0.1) is 5.92 Å². The Morgan fingerprint density at radius 1 is 1.38 bits per heavy atom. The van der Waals surface area contributed by atoms with Gasteiger partial charge < -0.3 is 11.1 Å². The summed E-state index contributed by atoms with van der Waals surface area (Å²) >= 11 is 0. The van der Waals surface area contributed by atoms with Crippen LogP contribution in [0.25, 0.3) is 0 Å². The molecule has 0 aliphatic carbocycles. The van der Waals surface area contributed by atoms with Gasteiger partial charge in [-0.3, -0.25) is 4.31 Å². The van der Waals surface area contributed by atoms with Gasteiger partial charge in [0.2, 0.25) is 16.0 Å². The molecule has 2 aromatic rings. The van der Waals surface area contributed by atoms with Gasteiger partial charge in [0, 0.05) is 6.54 Å². The number of nitrogens with one attached hydrogen (secondary N) is 1. The normalized spacial score (nSPS) is 13.2. The minimum Gasteiger partial charge on any atom is -0.368 e. The molecule has 2 heterocycles. The Labute approximate surface area is 141 Å². The molecule has 7 nitrogen and oxygen atoms in total. The maximum atomic E-state index is 12.1. The van der Waals surface area contributed by atoms with Crippen molar-refractivity contribution >= 4 is 33.2 Å². The monoisotopic (exact) mass is 343 g/mol. The van der Waals surface area contributed by atoms with Crippen LogP contribution >= 0.6 is 0 Å². The van der Waals surface area contributed by atoms with Gasteiger partial charge in [0.05, 0.1) is 29.4 Å². The van der Waals surface area contributed by atoms with E-state index in [2.05, 4.69) is 27.1 Å². The Morgan fingerprint density at radius 2 is 2.17 bits per heavy atom. The first-order chi connectivity index (χ1) is 11.4. The Kier molecular flexibility index (Phi) is 4.03. The highest BCUT2D eigenvalue weighted by Gasteiger charge is 2.29. The standard InChI is InChI=1S/C16H17N5O2S/c1-3-5-12-10-18-16(17)20-15(12)19-13-7-4-6-11-8-9-21(14(11)13)24(2,22)23/h4,6-7,10H,8-9H2,1-2H3,(H3,17,18,19,20). The number of anilines is 4. The van der Waals surface area contributed by atoms with Crippen LogP contribution in [0.2, 0.25) is 0 Å². The highest BCUT2D eigenvalue weighted by Crippen LogP contribution is 2.38. The zero-order valence-electron chi connectivity index (χ0n) is 13.4. The first-order valence-electron chi connectivity index (χ1n) is 7.32. The van der Waals surface area contributed by atoms with E-state index in [0.717, 1.165) is 5.56 Å². The summed E-state index contributed by atoms with van der Waals surface area (Å²) in [5.41, 5.74) is 8.52. The minimum atomic E-state index is -3.35. The predicted octanol–water partition coefficient (Wildman–Crippen LogP) is 1.50. The van der Waals surface area contributed by atoms with Crippen molar-refractivity contribution in [2.45, 2.75) is 13.3 Å². The van der Waals surface area contributed by atoms with Crippen molar-refractivity contribution in [3.05, 3.63) is 35.5 Å². The Balaban J connectivity index is 2.09. The van der Waals surface area contributed by atoms with Gasteiger partial charge >= 0.3 is 0 Å². The second-order valence-electron chi connectivity index (χ2n) is 5.39. The molecule has 1 aliphatic heterocycles. The van der Waals surface area contributed by atoms with E-state index in [0.29, 0.717) is 35.7 Å². The molecule has 1 aromatic heterocycles. The zero-order valence-corrected chi connectivity index (χ0v) is 14.2. The van der Waals surface area contributed by atoms with E-state index in [1.165, 1.54) is 10.6 Å². The second-order valence-corrected chi connectivity index (χ2v) is 7.30. The van der Waals surface area contributed by atoms with E-state index in [9.17, 15) is 8.42 Å². The zero-order chi connectivity index (χ0) is 17.3. The average molecular weight is 343 g/mol. The summed E-state index contributed by atoms with van der Waals surface area (Å²) in [5, 5.41) is 3.16. The van der Waals surface area contributed by atoms with Gasteiger partial charge in [0.25, 0.3) is 0 Å². The average Bonchev–Trinajstić information content (AvgIpc) is 2.95. The first-order valence-corrected chi connectivity index (χ1v) is 9.17. The number of nitrogens with two attached hydrogens (primary N) is 1. The van der Waals surface area contributed by atoms with Gasteiger partial charge in [-0.2, -0.15) is 4.98 Å². The maximum Gasteiger partial charge on any atom is 0.232 e. The largest absolute Gasteiger partial charge is 0.368 e. The lowest BCUT2D eigenvalue weighted by molar-refractivity contribution is 0.598. The van der Waals surface area contributed by atoms with Crippen LogP contribution in [-0.4, -0.2) is 31.2 Å². The lowest BCUT2D eigenvalue weighted by Gasteiger charge is -2.20. The van der Waals surface area contributed by atoms with Crippen LogP contribution in [0.3, 0.4) is 0 Å². The topological polar surface area (TPSA) is 101 Å². The van der Waals surface area contributed by atoms with Crippen molar-refractivity contribution in [3.8, 4) is 11.8 Å². The molecule has 0 atom stereocenters. The molecular weight excluding hydrogens is 326 g/mol. The van der Waals surface area contributed by atoms with E-state index in [4.69, 9.17) is 5.73 Å². The Bertz CT molecular complexity index is 960. The Hall–Kier alpha value is -2.79. The number of nitrogens with zero attached hydrogens (tertiary/aromatic N) is 3. The summed E-state index contributed by atoms with van der Waals surface area (Å²) in [6.07, 6.45) is 3.42. The third kappa shape index (κ3) is 2.98. The van der Waals surface area contributed by atoms with Crippen LogP contribution < -0.4 is 15.4 Å². The minimum absolute atomic E-state index is 0.117.